The number of piperazine rings is 1. The molecule has 0 radical (unpaired) electrons. The van der Waals surface area contributed by atoms with Gasteiger partial charge in [0.25, 0.3) is 0 Å². The van der Waals surface area contributed by atoms with Crippen molar-refractivity contribution in [1.82, 2.24) is 94.5 Å². The number of nitrogens with one attached hydrogen (secondary N) is 2. The lowest BCUT2D eigenvalue weighted by molar-refractivity contribution is 0.232. The fourth-order valence-corrected chi connectivity index (χ4v) is 17.0. The van der Waals surface area contributed by atoms with Crippen LogP contribution in [0.25, 0.3) is 89.2 Å². The largest absolute Gasteiger partial charge is 0.497 e. The second-order valence-electron chi connectivity index (χ2n) is 31.8. The monoisotopic (exact) mass is 1860 g/mol. The van der Waals surface area contributed by atoms with Gasteiger partial charge in [-0.2, -0.15) is 47.4 Å². The van der Waals surface area contributed by atoms with Crippen LogP contribution in [0.5, 0.6) is 34.5 Å². The number of hydrogen-bond acceptors (Lipinski definition) is 26. The van der Waals surface area contributed by atoms with E-state index < -0.39 is 0 Å². The number of likely N-dealkylation sites (tertiary alicyclic amines) is 1. The molecule has 16 aromatic rings. The van der Waals surface area contributed by atoms with Crippen LogP contribution in [0, 0.1) is 0 Å². The van der Waals surface area contributed by atoms with Gasteiger partial charge in [0.15, 0.2) is 0 Å². The number of fused-ring (bicyclic) bond motifs is 6. The van der Waals surface area contributed by atoms with Crippen molar-refractivity contribution in [3.8, 4) is 79.5 Å². The number of ether oxygens (including phenoxy) is 6. The molecule has 3 N–H and O–H groups in total. The molecule has 0 spiro atoms. The van der Waals surface area contributed by atoms with Crippen molar-refractivity contribution in [2.45, 2.75) is 71.5 Å². The number of aromatic nitrogens is 16. The molecule has 0 unspecified atom stereocenters. The smallest absolute Gasteiger partial charge is 0.124 e. The number of aliphatic hydroxyl groups excluding tert-OH is 1. The number of hydrogen-bond donors (Lipinski definition) is 3. The highest BCUT2D eigenvalue weighted by atomic mass is 35.5. The Morgan fingerprint density at radius 1 is 0.386 bits per heavy atom. The van der Waals surface area contributed by atoms with E-state index in [-0.39, 0.29) is 41.0 Å². The topological polar surface area (TPSA) is 290 Å². The lowest BCUT2D eigenvalue weighted by Gasteiger charge is -2.32. The third-order valence-electron chi connectivity index (χ3n) is 23.0. The first-order valence-corrected chi connectivity index (χ1v) is 43.8. The van der Waals surface area contributed by atoms with E-state index >= 15 is 0 Å². The second-order valence-corrected chi connectivity index (χ2v) is 32.6. The number of benzene rings is 8. The average molecular weight is 1860 g/mol. The number of halogens is 2. The molecular formula is C98H113Cl2N23O7S2. The zero-order valence-corrected chi connectivity index (χ0v) is 78.7. The van der Waals surface area contributed by atoms with E-state index in [0.29, 0.717) is 34.7 Å². The zero-order chi connectivity index (χ0) is 89.6. The highest BCUT2D eigenvalue weighted by Crippen LogP contribution is 2.41. The van der Waals surface area contributed by atoms with Gasteiger partial charge in [0, 0.05) is 236 Å². The van der Waals surface area contributed by atoms with E-state index in [1.54, 1.807) is 93.8 Å². The van der Waals surface area contributed by atoms with E-state index in [1.165, 1.54) is 6.42 Å². The zero-order valence-electron chi connectivity index (χ0n) is 75.2. The van der Waals surface area contributed by atoms with Crippen LogP contribution >= 0.6 is 50.2 Å². The second kappa shape index (κ2) is 44.8. The van der Waals surface area contributed by atoms with Gasteiger partial charge in [0.2, 0.25) is 0 Å². The molecule has 2 bridgehead atoms. The number of rotatable bonds is 28. The summed E-state index contributed by atoms with van der Waals surface area (Å²) in [6.07, 6.45) is 27.7. The molecule has 3 saturated heterocycles. The molecule has 688 valence electrons. The number of aryl methyl sites for hydroxylation is 3. The van der Waals surface area contributed by atoms with Crippen LogP contribution in [-0.4, -0.2) is 209 Å². The maximum Gasteiger partial charge on any atom is 0.124 e. The molecule has 30 nitrogen and oxygen atoms in total. The first-order chi connectivity index (χ1) is 62.9. The molecule has 0 saturated carbocycles. The Hall–Kier alpha value is -12.9. The summed E-state index contributed by atoms with van der Waals surface area (Å²) in [6, 6.07) is 49.3. The van der Waals surface area contributed by atoms with Crippen molar-refractivity contribution in [3.63, 3.8) is 0 Å². The standard InChI is InChI=1S/C27H31N7O2.C27H32N6O2.C23H25N5O2.C20H17Cl2N5O.CH4.2H2S/c1-32-16-18(13-30-32)27-15-29-25-5-4-20(11-26(25)31-27)34(7-6-33-17-19-8-22(33)14-28-19)21-9-23(35-2)12-24(10-21)36-3;1-4-11-32(22-12-23(34-2)15-24(13-22)35-3)21-5-6-25-26(14-21)31-27(17-29-25)19-16-30-33(18-19)20-7-9-28-10-8-20;1-5-8-28(18-9-19(29-3)12-20(10-18)30-4)17-6-7-21-22(11-17)26-23(14-24-21)16-13-25-27(2)15-16;1-26-12-13(10-24-26)20-11-23-18-3-2-16(9-19(18)25-20)27(4-5-28)17-7-14(21)6-15(22)8-17;;;/h4-5,9-13,15-16,19,22,28H,6-8,14,17H2,1-3H3;5-6,12-18,20,28H,4,7-11H2,1-3H3;6-7,9-15H,5,8H2,1-4H3;2-3,6-12,28H,4-5H2,1H3;1H4;2*1H2/t19-,22-;;;;;;/m0....../s1. The Balaban J connectivity index is 0.000000149. The third-order valence-corrected chi connectivity index (χ3v) is 23.5. The van der Waals surface area contributed by atoms with Crippen LogP contribution in [0.15, 0.2) is 220 Å². The first kappa shape index (κ1) is 96.6. The molecule has 34 heteroatoms. The third kappa shape index (κ3) is 23.0. The molecule has 8 aromatic carbocycles. The van der Waals surface area contributed by atoms with Crippen LogP contribution in [0.2, 0.25) is 10.0 Å². The summed E-state index contributed by atoms with van der Waals surface area (Å²) >= 11 is 12.3. The molecule has 0 aliphatic carbocycles. The number of nitrogens with zero attached hydrogens (tertiary/aromatic N) is 21. The average Bonchev–Trinajstić information content (AvgIpc) is 1.05. The van der Waals surface area contributed by atoms with Gasteiger partial charge in [0.05, 0.1) is 172 Å². The van der Waals surface area contributed by atoms with Crippen LogP contribution < -0.4 is 58.7 Å². The summed E-state index contributed by atoms with van der Waals surface area (Å²) in [7, 11) is 15.7. The van der Waals surface area contributed by atoms with Gasteiger partial charge in [-0.1, -0.05) is 44.5 Å². The Kier molecular flexibility index (Phi) is 32.8. The summed E-state index contributed by atoms with van der Waals surface area (Å²) in [4.78, 5) is 49.2. The highest BCUT2D eigenvalue weighted by Gasteiger charge is 2.37. The maximum absolute atomic E-state index is 9.56. The van der Waals surface area contributed by atoms with E-state index in [1.807, 2.05) is 154 Å². The number of aliphatic hydroxyl groups is 1. The molecule has 0 amide bonds. The Morgan fingerprint density at radius 2 is 0.720 bits per heavy atom. The van der Waals surface area contributed by atoms with Gasteiger partial charge >= 0.3 is 0 Å². The summed E-state index contributed by atoms with van der Waals surface area (Å²) in [5.74, 6) is 4.55. The van der Waals surface area contributed by atoms with Gasteiger partial charge in [-0.05, 0) is 136 Å². The molecular weight excluding hydrogens is 1750 g/mol. The summed E-state index contributed by atoms with van der Waals surface area (Å²) in [5, 5.41) is 35.0. The van der Waals surface area contributed by atoms with Gasteiger partial charge in [-0.15, -0.1) is 0 Å². The highest BCUT2D eigenvalue weighted by molar-refractivity contribution is 7.59. The Morgan fingerprint density at radius 3 is 1.03 bits per heavy atom. The van der Waals surface area contributed by atoms with Crippen LogP contribution in [0.1, 0.15) is 59.4 Å². The minimum atomic E-state index is -0.0242. The maximum atomic E-state index is 9.56. The molecule has 2 atom stereocenters. The van der Waals surface area contributed by atoms with Crippen molar-refractivity contribution in [3.05, 3.63) is 230 Å². The van der Waals surface area contributed by atoms with Crippen molar-refractivity contribution >= 4 is 140 Å². The van der Waals surface area contributed by atoms with Gasteiger partial charge < -0.3 is 63.8 Å². The summed E-state index contributed by atoms with van der Waals surface area (Å²) < 4.78 is 40.4. The molecule has 11 heterocycles. The van der Waals surface area contributed by atoms with Crippen molar-refractivity contribution in [2.24, 2.45) is 21.1 Å². The number of methoxy groups -OCH3 is 6. The quantitative estimate of drug-likeness (QED) is 0.0410. The lowest BCUT2D eigenvalue weighted by atomic mass is 10.1. The summed E-state index contributed by atoms with van der Waals surface area (Å²) in [6.45, 7) is 12.4. The van der Waals surface area contributed by atoms with Crippen molar-refractivity contribution in [1.29, 1.82) is 0 Å². The Bertz CT molecular complexity index is 6490. The van der Waals surface area contributed by atoms with E-state index in [4.69, 9.17) is 71.6 Å². The van der Waals surface area contributed by atoms with Crippen LogP contribution in [0.3, 0.4) is 0 Å². The van der Waals surface area contributed by atoms with Crippen LogP contribution in [-0.2, 0) is 21.1 Å². The molecule has 132 heavy (non-hydrogen) atoms. The molecule has 3 aliphatic rings. The normalized spacial score (nSPS) is 13.9. The first-order valence-electron chi connectivity index (χ1n) is 43.1. The predicted molar refractivity (Wildman–Crippen MR) is 537 cm³/mol. The minimum Gasteiger partial charge on any atom is -0.497 e. The summed E-state index contributed by atoms with van der Waals surface area (Å²) in [5.41, 5.74) is 21.4. The molecule has 19 rings (SSSR count). The SMILES string of the molecule is C.CCCN(c1cc(OC)cc(OC)c1)c1ccc2ncc(-c3cnn(C)c3)nc2c1.CCCN(c1cc(OC)cc(OC)c1)c1ccc2ncc(-c3cnn(C4CCNCC4)c3)nc2c1.COc1cc(OC)cc(N(CCN2C[C@@H]3C[C@H]2CN3)c2ccc3ncc(-c4cnn(C)c4)nc3c2)c1.Cn1cc(-c2cnc3ccc(N(CCO)c4cc(Cl)cc(Cl)c4)cc3n2)cn1.S.S. The van der Waals surface area contributed by atoms with Gasteiger partial charge in [-0.25, -0.2) is 19.9 Å². The van der Waals surface area contributed by atoms with Gasteiger partial charge in [0.1, 0.15) is 34.5 Å². The number of anilines is 8. The molecule has 8 aromatic heterocycles. The fourth-order valence-electron chi connectivity index (χ4n) is 16.5. The Labute approximate surface area is 792 Å². The molecule has 3 fully saturated rings. The lowest BCUT2D eigenvalue weighted by Crippen LogP contribution is -2.46. The van der Waals surface area contributed by atoms with E-state index in [0.717, 1.165) is 247 Å². The van der Waals surface area contributed by atoms with Crippen LogP contribution in [0.4, 0.5) is 45.5 Å². The minimum absolute atomic E-state index is 0. The van der Waals surface area contributed by atoms with E-state index in [9.17, 15) is 5.11 Å². The fraction of sp³-hybridized carbons (Fsp3) is 0.306. The predicted octanol–water partition coefficient (Wildman–Crippen LogP) is 18.1. The van der Waals surface area contributed by atoms with E-state index in [2.05, 4.69) is 144 Å². The van der Waals surface area contributed by atoms with Gasteiger partial charge in [-0.3, -0.25) is 43.6 Å². The number of piperidine rings is 1. The molecule has 3 aliphatic heterocycles. The van der Waals surface area contributed by atoms with Crippen molar-refractivity contribution in [2.75, 3.05) is 128 Å². The van der Waals surface area contributed by atoms with Crippen molar-refractivity contribution < 1.29 is 33.5 Å².